The summed E-state index contributed by atoms with van der Waals surface area (Å²) in [5.74, 6) is -0.114. The van der Waals surface area contributed by atoms with Gasteiger partial charge in [-0.15, -0.1) is 0 Å². The summed E-state index contributed by atoms with van der Waals surface area (Å²) in [6.07, 6.45) is 5.31. The van der Waals surface area contributed by atoms with E-state index in [1.165, 1.54) is 23.5 Å². The van der Waals surface area contributed by atoms with Gasteiger partial charge in [0, 0.05) is 43.3 Å². The minimum absolute atomic E-state index is 0.00961. The molecule has 1 amide bonds. The fourth-order valence-electron chi connectivity index (χ4n) is 3.44. The van der Waals surface area contributed by atoms with Crippen LogP contribution in [0.15, 0.2) is 66.1 Å². The van der Waals surface area contributed by atoms with Crippen molar-refractivity contribution in [2.75, 3.05) is 38.7 Å². The summed E-state index contributed by atoms with van der Waals surface area (Å²) in [6.45, 7) is 1.88. The lowest BCUT2D eigenvalue weighted by molar-refractivity contribution is 0.0729. The third kappa shape index (κ3) is 4.82. The molecule has 1 aliphatic rings. The van der Waals surface area contributed by atoms with Gasteiger partial charge in [-0.2, -0.15) is 4.31 Å². The van der Waals surface area contributed by atoms with Crippen molar-refractivity contribution < 1.29 is 22.7 Å². The molecular weight excluding hydrogens is 432 g/mol. The Hall–Kier alpha value is -3.21. The molecule has 1 saturated heterocycles. The van der Waals surface area contributed by atoms with Crippen LogP contribution in [0.5, 0.6) is 5.75 Å². The maximum Gasteiger partial charge on any atom is 0.255 e. The van der Waals surface area contributed by atoms with Gasteiger partial charge in [-0.25, -0.2) is 13.4 Å². The van der Waals surface area contributed by atoms with Gasteiger partial charge in [0.15, 0.2) is 0 Å². The summed E-state index contributed by atoms with van der Waals surface area (Å²) < 4.78 is 40.0. The van der Waals surface area contributed by atoms with E-state index in [1.807, 2.05) is 22.9 Å². The Balaban J connectivity index is 1.51. The number of rotatable bonds is 7. The van der Waals surface area contributed by atoms with Crippen LogP contribution < -0.4 is 10.1 Å². The van der Waals surface area contributed by atoms with E-state index < -0.39 is 10.0 Å². The highest BCUT2D eigenvalue weighted by Gasteiger charge is 2.29. The Morgan fingerprint density at radius 2 is 1.91 bits per heavy atom. The number of hydrogen-bond donors (Lipinski definition) is 1. The van der Waals surface area contributed by atoms with Crippen LogP contribution in [0.3, 0.4) is 0 Å². The zero-order valence-electron chi connectivity index (χ0n) is 17.6. The van der Waals surface area contributed by atoms with Crippen molar-refractivity contribution >= 4 is 21.6 Å². The number of carbonyl (C=O) groups excluding carboxylic acids is 1. The topological polar surface area (TPSA) is 103 Å². The van der Waals surface area contributed by atoms with Crippen molar-refractivity contribution in [3.63, 3.8) is 0 Å². The molecule has 9 nitrogen and oxygen atoms in total. The van der Waals surface area contributed by atoms with Gasteiger partial charge >= 0.3 is 0 Å². The molecule has 0 bridgehead atoms. The molecular formula is C22H24N4O5S. The Morgan fingerprint density at radius 3 is 2.56 bits per heavy atom. The molecule has 2 heterocycles. The monoisotopic (exact) mass is 456 g/mol. The first kappa shape index (κ1) is 22.0. The first-order valence-electron chi connectivity index (χ1n) is 10.1. The van der Waals surface area contributed by atoms with Gasteiger partial charge in [-0.05, 0) is 35.9 Å². The normalized spacial score (nSPS) is 14.8. The van der Waals surface area contributed by atoms with Crippen molar-refractivity contribution in [2.24, 2.45) is 0 Å². The number of ether oxygens (including phenoxy) is 2. The summed E-state index contributed by atoms with van der Waals surface area (Å²) in [5.41, 5.74) is 1.86. The SMILES string of the molecule is COc1ccc(NC(=O)c2ccc(Cn3ccnc3)cc2)cc1S(=O)(=O)N1CCOCC1. The number of amides is 1. The maximum atomic E-state index is 13.1. The van der Waals surface area contributed by atoms with Gasteiger partial charge in [0.1, 0.15) is 10.6 Å². The number of nitrogens with one attached hydrogen (secondary N) is 1. The number of benzene rings is 2. The van der Waals surface area contributed by atoms with Crippen LogP contribution in [-0.2, 0) is 21.3 Å². The number of hydrogen-bond acceptors (Lipinski definition) is 6. The third-order valence-corrected chi connectivity index (χ3v) is 7.07. The Morgan fingerprint density at radius 1 is 1.16 bits per heavy atom. The third-order valence-electron chi connectivity index (χ3n) is 5.15. The molecule has 2 aromatic carbocycles. The molecule has 1 aromatic heterocycles. The predicted molar refractivity (Wildman–Crippen MR) is 118 cm³/mol. The number of methoxy groups -OCH3 is 1. The lowest BCUT2D eigenvalue weighted by atomic mass is 10.1. The molecule has 0 aliphatic carbocycles. The molecule has 0 radical (unpaired) electrons. The Labute approximate surface area is 186 Å². The summed E-state index contributed by atoms with van der Waals surface area (Å²) in [4.78, 5) is 16.8. The number of aromatic nitrogens is 2. The summed E-state index contributed by atoms with van der Waals surface area (Å²) in [7, 11) is -2.37. The van der Waals surface area contributed by atoms with Crippen LogP contribution in [0, 0.1) is 0 Å². The second-order valence-electron chi connectivity index (χ2n) is 7.27. The molecule has 3 aromatic rings. The second-order valence-corrected chi connectivity index (χ2v) is 9.17. The van der Waals surface area contributed by atoms with E-state index in [0.29, 0.717) is 31.0 Å². The van der Waals surface area contributed by atoms with Crippen molar-refractivity contribution in [1.82, 2.24) is 13.9 Å². The lowest BCUT2D eigenvalue weighted by Gasteiger charge is -2.26. The number of nitrogens with zero attached hydrogens (tertiary/aromatic N) is 3. The Kier molecular flexibility index (Phi) is 6.54. The van der Waals surface area contributed by atoms with Crippen LogP contribution >= 0.6 is 0 Å². The standard InChI is InChI=1S/C22H24N4O5S/c1-30-20-7-6-19(14-21(20)32(28,29)26-10-12-31-13-11-26)24-22(27)18-4-2-17(3-5-18)15-25-9-8-23-16-25/h2-9,14,16H,10-13,15H2,1H3,(H,24,27). The molecule has 0 saturated carbocycles. The van der Waals surface area contributed by atoms with Crippen LogP contribution in [-0.4, -0.2) is 61.6 Å². The van der Waals surface area contributed by atoms with Crippen LogP contribution in [0.2, 0.25) is 0 Å². The molecule has 168 valence electrons. The van der Waals surface area contributed by atoms with E-state index in [-0.39, 0.29) is 29.6 Å². The minimum atomic E-state index is -3.79. The fraction of sp³-hybridized carbons (Fsp3) is 0.273. The summed E-state index contributed by atoms with van der Waals surface area (Å²) in [6, 6.07) is 11.8. The van der Waals surface area contributed by atoms with Crippen LogP contribution in [0.1, 0.15) is 15.9 Å². The second kappa shape index (κ2) is 9.51. The van der Waals surface area contributed by atoms with Gasteiger partial charge in [0.05, 0.1) is 26.7 Å². The first-order chi connectivity index (χ1) is 15.5. The highest BCUT2D eigenvalue weighted by Crippen LogP contribution is 2.30. The van der Waals surface area contributed by atoms with Crippen LogP contribution in [0.25, 0.3) is 0 Å². The van der Waals surface area contributed by atoms with E-state index in [4.69, 9.17) is 9.47 Å². The molecule has 1 aliphatic heterocycles. The van der Waals surface area contributed by atoms with E-state index in [2.05, 4.69) is 10.3 Å². The van der Waals surface area contributed by atoms with Crippen molar-refractivity contribution in [3.05, 3.63) is 72.3 Å². The number of anilines is 1. The molecule has 0 spiro atoms. The highest BCUT2D eigenvalue weighted by atomic mass is 32.2. The molecule has 4 rings (SSSR count). The average Bonchev–Trinajstić information content (AvgIpc) is 3.33. The van der Waals surface area contributed by atoms with Gasteiger partial charge in [0.2, 0.25) is 10.0 Å². The minimum Gasteiger partial charge on any atom is -0.495 e. The molecule has 0 unspecified atom stereocenters. The van der Waals surface area contributed by atoms with Gasteiger partial charge in [-0.3, -0.25) is 4.79 Å². The van der Waals surface area contributed by atoms with Gasteiger partial charge in [0.25, 0.3) is 5.91 Å². The molecule has 1 fully saturated rings. The van der Waals surface area contributed by atoms with E-state index in [1.54, 1.807) is 30.7 Å². The van der Waals surface area contributed by atoms with Crippen molar-refractivity contribution in [2.45, 2.75) is 11.4 Å². The van der Waals surface area contributed by atoms with Crippen molar-refractivity contribution in [3.8, 4) is 5.75 Å². The number of morpholine rings is 1. The molecule has 1 N–H and O–H groups in total. The van der Waals surface area contributed by atoms with Gasteiger partial charge < -0.3 is 19.4 Å². The van der Waals surface area contributed by atoms with Gasteiger partial charge in [-0.1, -0.05) is 12.1 Å². The number of sulfonamides is 1. The van der Waals surface area contributed by atoms with Crippen molar-refractivity contribution in [1.29, 1.82) is 0 Å². The van der Waals surface area contributed by atoms with Crippen LogP contribution in [0.4, 0.5) is 5.69 Å². The molecule has 32 heavy (non-hydrogen) atoms. The highest BCUT2D eigenvalue weighted by molar-refractivity contribution is 7.89. The van der Waals surface area contributed by atoms with E-state index in [9.17, 15) is 13.2 Å². The lowest BCUT2D eigenvalue weighted by Crippen LogP contribution is -2.40. The number of imidazole rings is 1. The maximum absolute atomic E-state index is 13.1. The van der Waals surface area contributed by atoms with E-state index in [0.717, 1.165) is 5.56 Å². The smallest absolute Gasteiger partial charge is 0.255 e. The summed E-state index contributed by atoms with van der Waals surface area (Å²) in [5, 5.41) is 2.77. The molecule has 0 atom stereocenters. The number of carbonyl (C=O) groups is 1. The largest absolute Gasteiger partial charge is 0.495 e. The molecule has 10 heteroatoms. The fourth-order valence-corrected chi connectivity index (χ4v) is 5.03. The first-order valence-corrected chi connectivity index (χ1v) is 11.5. The zero-order chi connectivity index (χ0) is 22.6. The quantitative estimate of drug-likeness (QED) is 0.585. The average molecular weight is 457 g/mol. The predicted octanol–water partition coefficient (Wildman–Crippen LogP) is 2.21. The summed E-state index contributed by atoms with van der Waals surface area (Å²) >= 11 is 0. The Bertz CT molecular complexity index is 1170. The zero-order valence-corrected chi connectivity index (χ0v) is 18.4. The van der Waals surface area contributed by atoms with E-state index >= 15 is 0 Å².